The highest BCUT2D eigenvalue weighted by Crippen LogP contribution is 2.20. The average molecular weight is 357 g/mol. The first-order valence-corrected chi connectivity index (χ1v) is 9.06. The Hall–Kier alpha value is -3.27. The quantitative estimate of drug-likeness (QED) is 0.509. The van der Waals surface area contributed by atoms with Crippen LogP contribution in [0.15, 0.2) is 89.1 Å². The van der Waals surface area contributed by atoms with Crippen LogP contribution < -0.4 is 5.32 Å². The van der Waals surface area contributed by atoms with Gasteiger partial charge in [0.2, 0.25) is 5.91 Å². The highest BCUT2D eigenvalue weighted by molar-refractivity contribution is 5.92. The Balaban J connectivity index is 1.56. The molecule has 0 fully saturated rings. The van der Waals surface area contributed by atoms with E-state index in [0.29, 0.717) is 12.3 Å². The summed E-state index contributed by atoms with van der Waals surface area (Å²) in [6.07, 6.45) is 0.355. The van der Waals surface area contributed by atoms with Gasteiger partial charge in [-0.05, 0) is 53.4 Å². The van der Waals surface area contributed by atoms with Gasteiger partial charge in [0, 0.05) is 5.69 Å². The third kappa shape index (κ3) is 5.61. The normalized spacial score (nSPS) is 11.1. The molecule has 0 aliphatic heterocycles. The maximum atomic E-state index is 12.2. The smallest absolute Gasteiger partial charge is 0.228 e. The number of nitrogens with zero attached hydrogens (tertiary/aromatic N) is 2. The third-order valence-corrected chi connectivity index (χ3v) is 4.20. The summed E-state index contributed by atoms with van der Waals surface area (Å²) in [6.45, 7) is 4.32. The van der Waals surface area contributed by atoms with Crippen molar-refractivity contribution in [2.75, 3.05) is 5.32 Å². The highest BCUT2D eigenvalue weighted by atomic mass is 16.1. The molecular weight excluding hydrogens is 334 g/mol. The van der Waals surface area contributed by atoms with E-state index in [4.69, 9.17) is 0 Å². The summed E-state index contributed by atoms with van der Waals surface area (Å²) >= 11 is 0. The topological polar surface area (TPSA) is 53.8 Å². The molecule has 3 aromatic rings. The van der Waals surface area contributed by atoms with E-state index in [-0.39, 0.29) is 5.91 Å². The zero-order chi connectivity index (χ0) is 19.1. The molecular formula is C23H23N3O. The zero-order valence-corrected chi connectivity index (χ0v) is 15.6. The van der Waals surface area contributed by atoms with Crippen molar-refractivity contribution in [2.24, 2.45) is 10.2 Å². The van der Waals surface area contributed by atoms with Crippen molar-refractivity contribution in [3.05, 3.63) is 90.0 Å². The van der Waals surface area contributed by atoms with Crippen LogP contribution in [0.1, 0.15) is 30.9 Å². The van der Waals surface area contributed by atoms with Crippen LogP contribution in [0.3, 0.4) is 0 Å². The van der Waals surface area contributed by atoms with E-state index in [2.05, 4.69) is 41.5 Å². The zero-order valence-electron chi connectivity index (χ0n) is 15.6. The van der Waals surface area contributed by atoms with Crippen molar-refractivity contribution in [3.8, 4) is 0 Å². The van der Waals surface area contributed by atoms with Gasteiger partial charge in [-0.3, -0.25) is 4.79 Å². The minimum atomic E-state index is -0.0361. The molecule has 0 heterocycles. The van der Waals surface area contributed by atoms with Gasteiger partial charge in [-0.2, -0.15) is 10.2 Å². The Labute approximate surface area is 160 Å². The number of rotatable bonds is 6. The van der Waals surface area contributed by atoms with Crippen molar-refractivity contribution < 1.29 is 4.79 Å². The van der Waals surface area contributed by atoms with Crippen molar-refractivity contribution in [3.63, 3.8) is 0 Å². The average Bonchev–Trinajstić information content (AvgIpc) is 2.68. The minimum Gasteiger partial charge on any atom is -0.326 e. The van der Waals surface area contributed by atoms with Crippen LogP contribution in [0.5, 0.6) is 0 Å². The standard InChI is InChI=1S/C23H23N3O/c1-17(2)19-10-8-18(9-11-19)16-23(27)24-20-12-14-22(15-13-20)26-25-21-6-4-3-5-7-21/h3-15,17H,16H2,1-2H3,(H,24,27). The number of carbonyl (C=O) groups is 1. The van der Waals surface area contributed by atoms with Crippen LogP contribution in [0.25, 0.3) is 0 Å². The summed E-state index contributed by atoms with van der Waals surface area (Å²) < 4.78 is 0. The molecule has 0 bridgehead atoms. The molecule has 3 rings (SSSR count). The van der Waals surface area contributed by atoms with E-state index in [1.807, 2.05) is 66.7 Å². The predicted molar refractivity (Wildman–Crippen MR) is 110 cm³/mol. The first kappa shape index (κ1) is 18.5. The Kier molecular flexibility index (Phi) is 6.10. The third-order valence-electron chi connectivity index (χ3n) is 4.20. The molecule has 0 unspecified atom stereocenters. The SMILES string of the molecule is CC(C)c1ccc(CC(=O)Nc2ccc(N=Nc3ccccc3)cc2)cc1. The summed E-state index contributed by atoms with van der Waals surface area (Å²) in [7, 11) is 0. The van der Waals surface area contributed by atoms with Gasteiger partial charge in [0.25, 0.3) is 0 Å². The Morgan fingerprint density at radius 3 is 2.00 bits per heavy atom. The molecule has 0 saturated carbocycles. The summed E-state index contributed by atoms with van der Waals surface area (Å²) in [5.74, 6) is 0.455. The predicted octanol–water partition coefficient (Wildman–Crippen LogP) is 6.41. The van der Waals surface area contributed by atoms with Gasteiger partial charge in [-0.25, -0.2) is 0 Å². The van der Waals surface area contributed by atoms with Gasteiger partial charge in [-0.15, -0.1) is 0 Å². The summed E-state index contributed by atoms with van der Waals surface area (Å²) in [5, 5.41) is 11.3. The fourth-order valence-corrected chi connectivity index (χ4v) is 2.63. The van der Waals surface area contributed by atoms with E-state index in [1.165, 1.54) is 5.56 Å². The number of anilines is 1. The van der Waals surface area contributed by atoms with Crippen LogP contribution in [0.4, 0.5) is 17.1 Å². The first-order valence-electron chi connectivity index (χ1n) is 9.06. The Morgan fingerprint density at radius 2 is 1.41 bits per heavy atom. The van der Waals surface area contributed by atoms with E-state index in [9.17, 15) is 4.79 Å². The number of benzene rings is 3. The first-order chi connectivity index (χ1) is 13.1. The molecule has 4 heteroatoms. The van der Waals surface area contributed by atoms with Crippen LogP contribution in [-0.2, 0) is 11.2 Å². The number of nitrogens with one attached hydrogen (secondary N) is 1. The van der Waals surface area contributed by atoms with Gasteiger partial charge in [-0.1, -0.05) is 56.3 Å². The lowest BCUT2D eigenvalue weighted by Crippen LogP contribution is -2.14. The second-order valence-electron chi connectivity index (χ2n) is 6.70. The second-order valence-corrected chi connectivity index (χ2v) is 6.70. The lowest BCUT2D eigenvalue weighted by atomic mass is 10.0. The van der Waals surface area contributed by atoms with E-state index in [1.54, 1.807) is 0 Å². The van der Waals surface area contributed by atoms with Gasteiger partial charge < -0.3 is 5.32 Å². The van der Waals surface area contributed by atoms with Crippen molar-refractivity contribution in [1.82, 2.24) is 0 Å². The summed E-state index contributed by atoms with van der Waals surface area (Å²) in [5.41, 5.74) is 4.57. The largest absolute Gasteiger partial charge is 0.326 e. The van der Waals surface area contributed by atoms with Crippen LogP contribution in [-0.4, -0.2) is 5.91 Å². The summed E-state index contributed by atoms with van der Waals surface area (Å²) in [6, 6.07) is 25.1. The number of hydrogen-bond donors (Lipinski definition) is 1. The molecule has 0 saturated heterocycles. The van der Waals surface area contributed by atoms with Gasteiger partial charge >= 0.3 is 0 Å². The van der Waals surface area contributed by atoms with E-state index >= 15 is 0 Å². The maximum Gasteiger partial charge on any atom is 0.228 e. The molecule has 0 radical (unpaired) electrons. The van der Waals surface area contributed by atoms with Crippen LogP contribution in [0, 0.1) is 0 Å². The molecule has 0 spiro atoms. The molecule has 1 N–H and O–H groups in total. The molecule has 3 aromatic carbocycles. The van der Waals surface area contributed by atoms with Crippen LogP contribution in [0.2, 0.25) is 0 Å². The molecule has 27 heavy (non-hydrogen) atoms. The molecule has 1 amide bonds. The second kappa shape index (κ2) is 8.90. The number of azo groups is 1. The van der Waals surface area contributed by atoms with Gasteiger partial charge in [0.15, 0.2) is 0 Å². The maximum absolute atomic E-state index is 12.2. The fourth-order valence-electron chi connectivity index (χ4n) is 2.63. The Morgan fingerprint density at radius 1 is 0.815 bits per heavy atom. The highest BCUT2D eigenvalue weighted by Gasteiger charge is 2.05. The number of hydrogen-bond acceptors (Lipinski definition) is 3. The molecule has 0 aliphatic rings. The van der Waals surface area contributed by atoms with E-state index in [0.717, 1.165) is 22.6 Å². The Bertz CT molecular complexity index is 899. The monoisotopic (exact) mass is 357 g/mol. The molecule has 0 aromatic heterocycles. The molecule has 0 atom stereocenters. The lowest BCUT2D eigenvalue weighted by molar-refractivity contribution is -0.115. The van der Waals surface area contributed by atoms with Crippen molar-refractivity contribution >= 4 is 23.0 Å². The lowest BCUT2D eigenvalue weighted by Gasteiger charge is -2.08. The number of carbonyl (C=O) groups excluding carboxylic acids is 1. The van der Waals surface area contributed by atoms with Crippen molar-refractivity contribution in [1.29, 1.82) is 0 Å². The van der Waals surface area contributed by atoms with E-state index < -0.39 is 0 Å². The fraction of sp³-hybridized carbons (Fsp3) is 0.174. The number of amides is 1. The molecule has 136 valence electrons. The van der Waals surface area contributed by atoms with Gasteiger partial charge in [0.05, 0.1) is 17.8 Å². The summed E-state index contributed by atoms with van der Waals surface area (Å²) in [4.78, 5) is 12.2. The van der Waals surface area contributed by atoms with Crippen molar-refractivity contribution in [2.45, 2.75) is 26.2 Å². The molecule has 4 nitrogen and oxygen atoms in total. The molecule has 0 aliphatic carbocycles. The minimum absolute atomic E-state index is 0.0361. The van der Waals surface area contributed by atoms with Crippen LogP contribution >= 0.6 is 0 Å². The van der Waals surface area contributed by atoms with Gasteiger partial charge in [0.1, 0.15) is 0 Å².